The van der Waals surface area contributed by atoms with E-state index in [4.69, 9.17) is 4.74 Å². The van der Waals surface area contributed by atoms with E-state index in [-0.39, 0.29) is 24.0 Å². The highest BCUT2D eigenvalue weighted by Crippen LogP contribution is 2.17. The monoisotopic (exact) mass is 236 g/mol. The van der Waals surface area contributed by atoms with Crippen LogP contribution < -0.4 is 0 Å². The Bertz CT molecular complexity index is 390. The first-order valence-electron chi connectivity index (χ1n) is 5.54. The zero-order chi connectivity index (χ0) is 12.8. The van der Waals surface area contributed by atoms with Gasteiger partial charge in [0.2, 0.25) is 0 Å². The van der Waals surface area contributed by atoms with Gasteiger partial charge in [-0.15, -0.1) is 0 Å². The Morgan fingerprint density at radius 1 is 1.41 bits per heavy atom. The van der Waals surface area contributed by atoms with Crippen molar-refractivity contribution in [2.45, 2.75) is 20.8 Å². The third-order valence-corrected chi connectivity index (χ3v) is 2.32. The number of hydrogen-bond donors (Lipinski definition) is 0. The predicted octanol–water partition coefficient (Wildman–Crippen LogP) is 1.49. The Kier molecular flexibility index (Phi) is 4.75. The molecule has 5 nitrogen and oxygen atoms in total. The van der Waals surface area contributed by atoms with Crippen molar-refractivity contribution in [2.75, 3.05) is 6.61 Å². The first-order valence-corrected chi connectivity index (χ1v) is 5.54. The van der Waals surface area contributed by atoms with Gasteiger partial charge in [0.1, 0.15) is 17.9 Å². The quantitative estimate of drug-likeness (QED) is 0.440. The molecule has 0 spiro atoms. The van der Waals surface area contributed by atoms with Gasteiger partial charge in [-0.2, -0.15) is 0 Å². The van der Waals surface area contributed by atoms with E-state index in [1.54, 1.807) is 20.8 Å². The van der Waals surface area contributed by atoms with E-state index in [1.165, 1.54) is 18.6 Å². The summed E-state index contributed by atoms with van der Waals surface area (Å²) in [6.07, 6.45) is 2.76. The summed E-state index contributed by atoms with van der Waals surface area (Å²) in [6.45, 7) is 5.59. The maximum atomic E-state index is 12.1. The third-order valence-electron chi connectivity index (χ3n) is 2.32. The molecule has 0 aliphatic carbocycles. The van der Waals surface area contributed by atoms with Gasteiger partial charge in [0.25, 0.3) is 0 Å². The topological polar surface area (TPSA) is 69.2 Å². The molecule has 17 heavy (non-hydrogen) atoms. The molecule has 1 unspecified atom stereocenters. The van der Waals surface area contributed by atoms with Crippen molar-refractivity contribution in [2.24, 2.45) is 11.8 Å². The molecule has 0 fully saturated rings. The lowest BCUT2D eigenvalue weighted by Gasteiger charge is -2.17. The van der Waals surface area contributed by atoms with E-state index >= 15 is 0 Å². The lowest BCUT2D eigenvalue weighted by atomic mass is 9.90. The summed E-state index contributed by atoms with van der Waals surface area (Å²) in [4.78, 5) is 31.4. The van der Waals surface area contributed by atoms with Crippen LogP contribution in [0, 0.1) is 11.8 Å². The molecule has 1 heterocycles. The molecular weight excluding hydrogens is 220 g/mol. The SMILES string of the molecule is CCOC(=O)C(C(=O)c1ccncn1)C(C)C. The Balaban J connectivity index is 2.92. The van der Waals surface area contributed by atoms with Gasteiger partial charge in [-0.1, -0.05) is 13.8 Å². The Hall–Kier alpha value is -1.78. The average molecular weight is 236 g/mol. The second-order valence-electron chi connectivity index (χ2n) is 3.93. The van der Waals surface area contributed by atoms with Crippen molar-refractivity contribution in [1.82, 2.24) is 9.97 Å². The number of esters is 1. The number of Topliss-reactive ketones (excluding diaryl/α,β-unsaturated/α-hetero) is 1. The Morgan fingerprint density at radius 2 is 2.12 bits per heavy atom. The standard InChI is InChI=1S/C12H16N2O3/c1-4-17-12(16)10(8(2)3)11(15)9-5-6-13-7-14-9/h5-8,10H,4H2,1-3H3. The largest absolute Gasteiger partial charge is 0.465 e. The molecule has 0 bridgehead atoms. The lowest BCUT2D eigenvalue weighted by molar-refractivity contribution is -0.147. The molecule has 5 heteroatoms. The molecule has 0 radical (unpaired) electrons. The fourth-order valence-electron chi connectivity index (χ4n) is 1.51. The minimum atomic E-state index is -0.801. The van der Waals surface area contributed by atoms with Crippen LogP contribution in [0.5, 0.6) is 0 Å². The van der Waals surface area contributed by atoms with Crippen LogP contribution in [0.2, 0.25) is 0 Å². The number of nitrogens with zero attached hydrogens (tertiary/aromatic N) is 2. The molecule has 1 rings (SSSR count). The second-order valence-corrected chi connectivity index (χ2v) is 3.93. The molecule has 0 aliphatic rings. The number of aromatic nitrogens is 2. The van der Waals surface area contributed by atoms with Crippen molar-refractivity contribution >= 4 is 11.8 Å². The van der Waals surface area contributed by atoms with Gasteiger partial charge in [-0.05, 0) is 18.9 Å². The zero-order valence-corrected chi connectivity index (χ0v) is 10.2. The summed E-state index contributed by atoms with van der Waals surface area (Å²) in [5.41, 5.74) is 0.242. The maximum absolute atomic E-state index is 12.1. The highest BCUT2D eigenvalue weighted by molar-refractivity contribution is 6.07. The number of ketones is 1. The normalized spacial score (nSPS) is 12.2. The summed E-state index contributed by atoms with van der Waals surface area (Å²) < 4.78 is 4.90. The first kappa shape index (κ1) is 13.3. The van der Waals surface area contributed by atoms with Crippen molar-refractivity contribution in [3.8, 4) is 0 Å². The molecular formula is C12H16N2O3. The number of rotatable bonds is 5. The smallest absolute Gasteiger partial charge is 0.317 e. The average Bonchev–Trinajstić information content (AvgIpc) is 2.30. The third kappa shape index (κ3) is 3.34. The fourth-order valence-corrected chi connectivity index (χ4v) is 1.51. The van der Waals surface area contributed by atoms with Gasteiger partial charge in [0.05, 0.1) is 6.61 Å². The maximum Gasteiger partial charge on any atom is 0.317 e. The van der Waals surface area contributed by atoms with Crippen molar-refractivity contribution in [3.05, 3.63) is 24.3 Å². The molecule has 0 saturated carbocycles. The van der Waals surface area contributed by atoms with Gasteiger partial charge in [-0.25, -0.2) is 9.97 Å². The van der Waals surface area contributed by atoms with Crippen LogP contribution in [-0.4, -0.2) is 28.3 Å². The van der Waals surface area contributed by atoms with E-state index in [2.05, 4.69) is 9.97 Å². The number of carbonyl (C=O) groups is 2. The molecule has 0 aromatic carbocycles. The minimum Gasteiger partial charge on any atom is -0.465 e. The van der Waals surface area contributed by atoms with E-state index in [0.717, 1.165) is 0 Å². The molecule has 1 aromatic rings. The molecule has 1 atom stereocenters. The summed E-state index contributed by atoms with van der Waals surface area (Å²) in [7, 11) is 0. The van der Waals surface area contributed by atoms with E-state index in [9.17, 15) is 9.59 Å². The summed E-state index contributed by atoms with van der Waals surface area (Å²) >= 11 is 0. The molecule has 0 amide bonds. The van der Waals surface area contributed by atoms with Crippen LogP contribution in [0.3, 0.4) is 0 Å². The highest BCUT2D eigenvalue weighted by Gasteiger charge is 2.32. The van der Waals surface area contributed by atoms with Crippen LogP contribution in [-0.2, 0) is 9.53 Å². The fraction of sp³-hybridized carbons (Fsp3) is 0.500. The van der Waals surface area contributed by atoms with Gasteiger partial charge in [0, 0.05) is 6.20 Å². The predicted molar refractivity (Wildman–Crippen MR) is 61.3 cm³/mol. The van der Waals surface area contributed by atoms with E-state index < -0.39 is 11.9 Å². The number of ether oxygens (including phenoxy) is 1. The molecule has 0 aliphatic heterocycles. The van der Waals surface area contributed by atoms with Gasteiger partial charge in [0.15, 0.2) is 5.78 Å². The second kappa shape index (κ2) is 6.08. The zero-order valence-electron chi connectivity index (χ0n) is 10.2. The first-order chi connectivity index (χ1) is 8.07. The Labute approximate surface area is 100 Å². The van der Waals surface area contributed by atoms with Crippen LogP contribution >= 0.6 is 0 Å². The molecule has 0 N–H and O–H groups in total. The van der Waals surface area contributed by atoms with Crippen LogP contribution in [0.25, 0.3) is 0 Å². The van der Waals surface area contributed by atoms with Crippen LogP contribution in [0.4, 0.5) is 0 Å². The van der Waals surface area contributed by atoms with E-state index in [0.29, 0.717) is 0 Å². The highest BCUT2D eigenvalue weighted by atomic mass is 16.5. The van der Waals surface area contributed by atoms with Crippen molar-refractivity contribution in [3.63, 3.8) is 0 Å². The Morgan fingerprint density at radius 3 is 2.59 bits per heavy atom. The lowest BCUT2D eigenvalue weighted by Crippen LogP contribution is -2.31. The summed E-state index contributed by atoms with van der Waals surface area (Å²) in [5, 5.41) is 0. The molecule has 1 aromatic heterocycles. The number of hydrogen-bond acceptors (Lipinski definition) is 5. The van der Waals surface area contributed by atoms with Crippen molar-refractivity contribution in [1.29, 1.82) is 0 Å². The van der Waals surface area contributed by atoms with Crippen molar-refractivity contribution < 1.29 is 14.3 Å². The van der Waals surface area contributed by atoms with Gasteiger partial charge in [-0.3, -0.25) is 9.59 Å². The molecule has 92 valence electrons. The molecule has 0 saturated heterocycles. The van der Waals surface area contributed by atoms with Crippen LogP contribution in [0.1, 0.15) is 31.3 Å². The van der Waals surface area contributed by atoms with Crippen LogP contribution in [0.15, 0.2) is 18.6 Å². The van der Waals surface area contributed by atoms with Gasteiger partial charge < -0.3 is 4.74 Å². The van der Waals surface area contributed by atoms with Gasteiger partial charge >= 0.3 is 5.97 Å². The van der Waals surface area contributed by atoms with E-state index in [1.807, 2.05) is 0 Å². The minimum absolute atomic E-state index is 0.128. The number of carbonyl (C=O) groups excluding carboxylic acids is 2. The summed E-state index contributed by atoms with van der Waals surface area (Å²) in [5.74, 6) is -1.74. The summed E-state index contributed by atoms with van der Waals surface area (Å²) in [6, 6.07) is 1.50.